The van der Waals surface area contributed by atoms with Crippen LogP contribution in [-0.4, -0.2) is 18.1 Å². The molecule has 0 atom stereocenters. The minimum atomic E-state index is -0.223. The van der Waals surface area contributed by atoms with Gasteiger partial charge in [-0.2, -0.15) is 5.16 Å². The SMILES string of the molecule is CC.CNC(=O)c1c(-c2[c-]ccc[c-]2)noc1C.[CH3-].[Y].[Y].[Y].[Y].[Y].[Y]. The van der Waals surface area contributed by atoms with Crippen molar-refractivity contribution in [1.82, 2.24) is 10.5 Å². The molecule has 1 aromatic heterocycles. The number of nitrogens with one attached hydrogen (secondary N) is 1. The van der Waals surface area contributed by atoms with Crippen molar-refractivity contribution in [3.8, 4) is 11.3 Å². The van der Waals surface area contributed by atoms with Gasteiger partial charge in [-0.1, -0.05) is 13.8 Å². The van der Waals surface area contributed by atoms with E-state index < -0.39 is 0 Å². The van der Waals surface area contributed by atoms with E-state index in [0.717, 1.165) is 0 Å². The van der Waals surface area contributed by atoms with Gasteiger partial charge in [0.2, 0.25) is 5.91 Å². The smallest absolute Gasteiger partial charge is 0.238 e. The zero-order valence-corrected chi connectivity index (χ0v) is 32.5. The quantitative estimate of drug-likeness (QED) is 0.477. The largest absolute Gasteiger partial charge is 0.381 e. The molecule has 0 unspecified atom stereocenters. The molecule has 1 aromatic carbocycles. The van der Waals surface area contributed by atoms with E-state index in [2.05, 4.69) is 22.6 Å². The zero-order valence-electron chi connectivity index (χ0n) is 15.5. The molecule has 2 rings (SSSR count). The molecular formula is C15H19N2O2Y6-3. The molecule has 0 saturated heterocycles. The van der Waals surface area contributed by atoms with Crippen LogP contribution in [0.4, 0.5) is 0 Å². The van der Waals surface area contributed by atoms with Crippen LogP contribution in [0.25, 0.3) is 11.3 Å². The van der Waals surface area contributed by atoms with Gasteiger partial charge in [0, 0.05) is 209 Å². The summed E-state index contributed by atoms with van der Waals surface area (Å²) in [6, 6.07) is 11.2. The number of nitrogens with zero attached hydrogens (tertiary/aromatic N) is 1. The van der Waals surface area contributed by atoms with E-state index >= 15 is 0 Å². The first-order valence-corrected chi connectivity index (χ1v) is 5.81. The van der Waals surface area contributed by atoms with Gasteiger partial charge in [-0.15, -0.1) is 0 Å². The number of carbonyl (C=O) groups is 1. The van der Waals surface area contributed by atoms with E-state index in [1.54, 1.807) is 32.2 Å². The van der Waals surface area contributed by atoms with Crippen LogP contribution in [0, 0.1) is 26.5 Å². The van der Waals surface area contributed by atoms with Gasteiger partial charge in [0.15, 0.2) is 0 Å². The molecule has 0 fully saturated rings. The Kier molecular flexibility index (Phi) is 54.0. The second kappa shape index (κ2) is 28.5. The van der Waals surface area contributed by atoms with Crippen LogP contribution in [0.1, 0.15) is 30.0 Å². The fourth-order valence-electron chi connectivity index (χ4n) is 1.42. The molecule has 0 aliphatic rings. The van der Waals surface area contributed by atoms with Gasteiger partial charge in [-0.05, 0) is 12.6 Å². The number of benzene rings is 1. The van der Waals surface area contributed by atoms with E-state index in [0.29, 0.717) is 22.6 Å². The maximum absolute atomic E-state index is 11.7. The van der Waals surface area contributed by atoms with Gasteiger partial charge in [-0.3, -0.25) is 22.5 Å². The molecule has 0 saturated carbocycles. The molecule has 1 N–H and O–H groups in total. The molecule has 1 amide bonds. The molecule has 6 radical (unpaired) electrons. The molecule has 0 aliphatic carbocycles. The summed E-state index contributed by atoms with van der Waals surface area (Å²) in [6.45, 7) is 5.70. The maximum Gasteiger partial charge on any atom is 0.238 e. The summed E-state index contributed by atoms with van der Waals surface area (Å²) in [7, 11) is 1.57. The number of amides is 1. The Morgan fingerprint density at radius 3 is 1.88 bits per heavy atom. The Morgan fingerprint density at radius 2 is 1.48 bits per heavy atom. The predicted molar refractivity (Wildman–Crippen MR) is 75.5 cm³/mol. The minimum absolute atomic E-state index is 0. The van der Waals surface area contributed by atoms with Crippen LogP contribution < -0.4 is 5.32 Å². The molecule has 25 heavy (non-hydrogen) atoms. The number of aryl methyl sites for hydroxylation is 1. The predicted octanol–water partition coefficient (Wildman–Crippen LogP) is 3.07. The van der Waals surface area contributed by atoms with Crippen LogP contribution >= 0.6 is 0 Å². The van der Waals surface area contributed by atoms with Crippen molar-refractivity contribution in [3.63, 3.8) is 0 Å². The molecule has 0 bridgehead atoms. The second-order valence-electron chi connectivity index (χ2n) is 3.23. The van der Waals surface area contributed by atoms with E-state index in [1.807, 2.05) is 13.8 Å². The average Bonchev–Trinajstić information content (AvgIpc) is 2.83. The first kappa shape index (κ1) is 47.3. The van der Waals surface area contributed by atoms with Crippen molar-refractivity contribution in [2.75, 3.05) is 7.05 Å². The first-order chi connectivity index (χ1) is 8.74. The van der Waals surface area contributed by atoms with E-state index in [4.69, 9.17) is 4.52 Å². The Bertz CT molecular complexity index is 524. The van der Waals surface area contributed by atoms with Crippen LogP contribution in [0.3, 0.4) is 0 Å². The van der Waals surface area contributed by atoms with Gasteiger partial charge in [-0.25, -0.2) is 18.2 Å². The number of aromatic nitrogens is 1. The Morgan fingerprint density at radius 1 is 1.04 bits per heavy atom. The van der Waals surface area contributed by atoms with E-state index in [-0.39, 0.29) is 210 Å². The third-order valence-electron chi connectivity index (χ3n) is 2.20. The maximum atomic E-state index is 11.7. The van der Waals surface area contributed by atoms with Gasteiger partial charge >= 0.3 is 0 Å². The van der Waals surface area contributed by atoms with Gasteiger partial charge < -0.3 is 17.3 Å². The van der Waals surface area contributed by atoms with Crippen LogP contribution in [-0.2, 0) is 196 Å². The molecule has 0 aliphatic heterocycles. The van der Waals surface area contributed by atoms with Crippen molar-refractivity contribution in [2.45, 2.75) is 20.8 Å². The van der Waals surface area contributed by atoms with Gasteiger partial charge in [0.05, 0.1) is 0 Å². The summed E-state index contributed by atoms with van der Waals surface area (Å²) < 4.78 is 5.02. The number of hydrogen-bond acceptors (Lipinski definition) is 3. The van der Waals surface area contributed by atoms with Crippen molar-refractivity contribution in [1.29, 1.82) is 0 Å². The van der Waals surface area contributed by atoms with Crippen molar-refractivity contribution < 1.29 is 206 Å². The monoisotopic (exact) mass is 793 g/mol. The molecule has 2 aromatic rings. The van der Waals surface area contributed by atoms with Gasteiger partial charge in [0.1, 0.15) is 5.76 Å². The average molecular weight is 793 g/mol. The standard InChI is InChI=1S/C12H10N2O2.C2H6.CH3.6Y/c1-8-10(12(15)13-2)11(14-16-8)9-6-4-3-5-7-9;1-2;;;;;;;/h3-5H,1-2H3,(H,13,15);1-2H3;1H3;;;;;;/q-2;;-1;;;;;;. The summed E-state index contributed by atoms with van der Waals surface area (Å²) in [4.78, 5) is 11.7. The minimum Gasteiger partial charge on any atom is -0.381 e. The Hall–Kier alpha value is 4.52. The van der Waals surface area contributed by atoms with Crippen molar-refractivity contribution >= 4 is 5.91 Å². The fraction of sp³-hybridized carbons (Fsp3) is 0.267. The Labute approximate surface area is 303 Å². The molecular weight excluding hydrogens is 774 g/mol. The third kappa shape index (κ3) is 15.9. The Balaban J connectivity index is -0.0000000696. The third-order valence-corrected chi connectivity index (χ3v) is 2.20. The normalized spacial score (nSPS) is 6.72. The second-order valence-corrected chi connectivity index (χ2v) is 3.23. The summed E-state index contributed by atoms with van der Waals surface area (Å²) in [5.74, 6) is 0.263. The fourth-order valence-corrected chi connectivity index (χ4v) is 1.42. The van der Waals surface area contributed by atoms with Crippen molar-refractivity contribution in [2.24, 2.45) is 0 Å². The summed E-state index contributed by atoms with van der Waals surface area (Å²) in [5, 5.41) is 6.41. The molecule has 0 spiro atoms. The van der Waals surface area contributed by atoms with Gasteiger partial charge in [0.25, 0.3) is 0 Å². The first-order valence-electron chi connectivity index (χ1n) is 5.81. The number of hydrogen-bond donors (Lipinski definition) is 1. The molecule has 1 heterocycles. The molecule has 122 valence electrons. The van der Waals surface area contributed by atoms with E-state index in [9.17, 15) is 4.79 Å². The molecule has 10 heteroatoms. The summed E-state index contributed by atoms with van der Waals surface area (Å²) in [6.07, 6.45) is 0. The number of rotatable bonds is 2. The van der Waals surface area contributed by atoms with Crippen LogP contribution in [0.15, 0.2) is 22.7 Å². The summed E-state index contributed by atoms with van der Waals surface area (Å²) >= 11 is 0. The topological polar surface area (TPSA) is 55.1 Å². The zero-order chi connectivity index (χ0) is 13.5. The van der Waals surface area contributed by atoms with Crippen LogP contribution in [0.5, 0.6) is 0 Å². The summed E-state index contributed by atoms with van der Waals surface area (Å²) in [5.41, 5.74) is 1.52. The van der Waals surface area contributed by atoms with Crippen molar-refractivity contribution in [3.05, 3.63) is 49.1 Å². The van der Waals surface area contributed by atoms with Crippen LogP contribution in [0.2, 0.25) is 0 Å². The number of carbonyl (C=O) groups excluding carboxylic acids is 1. The molecule has 4 nitrogen and oxygen atoms in total. The van der Waals surface area contributed by atoms with E-state index in [1.165, 1.54) is 0 Å².